The number of hydrogen-bond acceptors (Lipinski definition) is 5. The Morgan fingerprint density at radius 1 is 1.26 bits per heavy atom. The van der Waals surface area contributed by atoms with Crippen molar-refractivity contribution in [3.05, 3.63) is 18.3 Å². The molecule has 0 unspecified atom stereocenters. The van der Waals surface area contributed by atoms with Gasteiger partial charge in [0.25, 0.3) is 0 Å². The second-order valence-electron chi connectivity index (χ2n) is 5.91. The minimum atomic E-state index is -0.576. The van der Waals surface area contributed by atoms with E-state index in [1.807, 2.05) is 19.9 Å². The fourth-order valence-corrected chi connectivity index (χ4v) is 2.43. The van der Waals surface area contributed by atoms with Crippen LogP contribution in [0.1, 0.15) is 20.8 Å². The first kappa shape index (κ1) is 17.2. The summed E-state index contributed by atoms with van der Waals surface area (Å²) in [4.78, 5) is 30.0. The number of hydrogen-bond donors (Lipinski definition) is 2. The average molecular weight is 320 g/mol. The number of carbonyl (C=O) groups is 2. The van der Waals surface area contributed by atoms with E-state index in [1.54, 1.807) is 12.3 Å². The highest BCUT2D eigenvalue weighted by atomic mass is 16.5. The molecule has 2 N–H and O–H groups in total. The maximum Gasteiger partial charge on any atom is 0.248 e. The molecule has 1 saturated heterocycles. The molecule has 7 nitrogen and oxygen atoms in total. The monoisotopic (exact) mass is 320 g/mol. The highest BCUT2D eigenvalue weighted by Gasteiger charge is 2.23. The summed E-state index contributed by atoms with van der Waals surface area (Å²) in [7, 11) is 0. The lowest BCUT2D eigenvalue weighted by Crippen LogP contribution is -2.46. The maximum atomic E-state index is 12.3. The summed E-state index contributed by atoms with van der Waals surface area (Å²) in [5.74, 6) is -0.0224. The van der Waals surface area contributed by atoms with Crippen LogP contribution in [0, 0.1) is 5.92 Å². The molecule has 2 amide bonds. The number of morpholine rings is 1. The predicted octanol–water partition coefficient (Wildman–Crippen LogP) is 1.02. The van der Waals surface area contributed by atoms with Crippen molar-refractivity contribution in [2.24, 2.45) is 5.92 Å². The highest BCUT2D eigenvalue weighted by molar-refractivity contribution is 5.96. The van der Waals surface area contributed by atoms with Gasteiger partial charge in [0.1, 0.15) is 11.9 Å². The Balaban J connectivity index is 1.98. The van der Waals surface area contributed by atoms with E-state index < -0.39 is 6.04 Å². The Morgan fingerprint density at radius 3 is 2.48 bits per heavy atom. The van der Waals surface area contributed by atoms with Crippen LogP contribution in [0.2, 0.25) is 0 Å². The molecule has 126 valence electrons. The van der Waals surface area contributed by atoms with E-state index in [1.165, 1.54) is 6.92 Å². The van der Waals surface area contributed by atoms with Crippen molar-refractivity contribution in [3.8, 4) is 0 Å². The molecule has 0 aromatic carbocycles. The van der Waals surface area contributed by atoms with Crippen LogP contribution in [0.4, 0.5) is 11.5 Å². The lowest BCUT2D eigenvalue weighted by atomic mass is 10.0. The number of amides is 2. The topological polar surface area (TPSA) is 83.6 Å². The molecular weight excluding hydrogens is 296 g/mol. The fraction of sp³-hybridized carbons (Fsp3) is 0.562. The van der Waals surface area contributed by atoms with Gasteiger partial charge in [0, 0.05) is 20.0 Å². The smallest absolute Gasteiger partial charge is 0.248 e. The summed E-state index contributed by atoms with van der Waals surface area (Å²) in [5.41, 5.74) is 1.01. The van der Waals surface area contributed by atoms with Crippen molar-refractivity contribution in [1.29, 1.82) is 0 Å². The second-order valence-corrected chi connectivity index (χ2v) is 5.91. The van der Waals surface area contributed by atoms with Crippen LogP contribution in [0.25, 0.3) is 0 Å². The zero-order valence-electron chi connectivity index (χ0n) is 13.8. The van der Waals surface area contributed by atoms with E-state index in [9.17, 15) is 9.59 Å². The summed E-state index contributed by atoms with van der Waals surface area (Å²) >= 11 is 0. The van der Waals surface area contributed by atoms with E-state index in [-0.39, 0.29) is 17.7 Å². The molecule has 2 heterocycles. The van der Waals surface area contributed by atoms with Crippen LogP contribution < -0.4 is 15.5 Å². The molecule has 0 bridgehead atoms. The largest absolute Gasteiger partial charge is 0.378 e. The van der Waals surface area contributed by atoms with Gasteiger partial charge in [0.15, 0.2) is 0 Å². The Kier molecular flexibility index (Phi) is 5.92. The Bertz CT molecular complexity index is 539. The zero-order valence-corrected chi connectivity index (χ0v) is 13.8. The van der Waals surface area contributed by atoms with Gasteiger partial charge < -0.3 is 20.3 Å². The third kappa shape index (κ3) is 4.92. The molecule has 1 atom stereocenters. The average Bonchev–Trinajstić information content (AvgIpc) is 2.53. The molecule has 1 aromatic rings. The SMILES string of the molecule is CC(=O)N[C@@H](C(=O)Nc1ccc(N2CCOCC2)cn1)C(C)C. The first-order valence-electron chi connectivity index (χ1n) is 7.84. The second kappa shape index (κ2) is 7.92. The summed E-state index contributed by atoms with van der Waals surface area (Å²) < 4.78 is 5.32. The van der Waals surface area contributed by atoms with Crippen molar-refractivity contribution < 1.29 is 14.3 Å². The number of carbonyl (C=O) groups excluding carboxylic acids is 2. The van der Waals surface area contributed by atoms with Gasteiger partial charge in [-0.15, -0.1) is 0 Å². The molecule has 0 saturated carbocycles. The van der Waals surface area contributed by atoms with Gasteiger partial charge >= 0.3 is 0 Å². The number of rotatable bonds is 5. The highest BCUT2D eigenvalue weighted by Crippen LogP contribution is 2.17. The van der Waals surface area contributed by atoms with Crippen molar-refractivity contribution in [2.75, 3.05) is 36.5 Å². The molecular formula is C16H24N4O3. The lowest BCUT2D eigenvalue weighted by Gasteiger charge is -2.28. The van der Waals surface area contributed by atoms with Crippen LogP contribution in [0.15, 0.2) is 18.3 Å². The number of nitrogens with one attached hydrogen (secondary N) is 2. The van der Waals surface area contributed by atoms with Gasteiger partial charge in [-0.25, -0.2) is 4.98 Å². The third-order valence-corrected chi connectivity index (χ3v) is 3.68. The molecule has 1 aromatic heterocycles. The third-order valence-electron chi connectivity index (χ3n) is 3.68. The Hall–Kier alpha value is -2.15. The van der Waals surface area contributed by atoms with Gasteiger partial charge in [-0.2, -0.15) is 0 Å². The minimum absolute atomic E-state index is 0.00785. The quantitative estimate of drug-likeness (QED) is 0.846. The van der Waals surface area contributed by atoms with Gasteiger partial charge in [-0.1, -0.05) is 13.8 Å². The van der Waals surface area contributed by atoms with Crippen LogP contribution >= 0.6 is 0 Å². The number of nitrogens with zero attached hydrogens (tertiary/aromatic N) is 2. The normalized spacial score (nSPS) is 16.1. The van der Waals surface area contributed by atoms with Crippen molar-refractivity contribution >= 4 is 23.3 Å². The van der Waals surface area contributed by atoms with Crippen LogP contribution in [0.3, 0.4) is 0 Å². The number of pyridine rings is 1. The maximum absolute atomic E-state index is 12.3. The van der Waals surface area contributed by atoms with Crippen LogP contribution in [-0.4, -0.2) is 49.1 Å². The number of ether oxygens (including phenoxy) is 1. The summed E-state index contributed by atoms with van der Waals surface area (Å²) in [6.07, 6.45) is 1.74. The molecule has 1 aliphatic heterocycles. The van der Waals surface area contributed by atoms with E-state index in [2.05, 4.69) is 20.5 Å². The van der Waals surface area contributed by atoms with Crippen molar-refractivity contribution in [1.82, 2.24) is 10.3 Å². The molecule has 0 spiro atoms. The Labute approximate surface area is 136 Å². The standard InChI is InChI=1S/C16H24N4O3/c1-11(2)15(18-12(3)21)16(22)19-14-5-4-13(10-17-14)20-6-8-23-9-7-20/h4-5,10-11,15H,6-9H2,1-3H3,(H,18,21)(H,17,19,22)/t15-/m1/s1. The molecule has 0 aliphatic carbocycles. The molecule has 1 aliphatic rings. The molecule has 0 radical (unpaired) electrons. The minimum Gasteiger partial charge on any atom is -0.378 e. The summed E-state index contributed by atoms with van der Waals surface area (Å²) in [6, 6.07) is 3.12. The Morgan fingerprint density at radius 2 is 1.96 bits per heavy atom. The zero-order chi connectivity index (χ0) is 16.8. The first-order chi connectivity index (χ1) is 11.0. The van der Waals surface area contributed by atoms with Gasteiger partial charge in [-0.3, -0.25) is 9.59 Å². The van der Waals surface area contributed by atoms with Gasteiger partial charge in [0.05, 0.1) is 25.1 Å². The molecule has 23 heavy (non-hydrogen) atoms. The van der Waals surface area contributed by atoms with Crippen molar-refractivity contribution in [2.45, 2.75) is 26.8 Å². The fourth-order valence-electron chi connectivity index (χ4n) is 2.43. The summed E-state index contributed by atoms with van der Waals surface area (Å²) in [5, 5.41) is 5.41. The lowest BCUT2D eigenvalue weighted by molar-refractivity contribution is -0.126. The van der Waals surface area contributed by atoms with Crippen molar-refractivity contribution in [3.63, 3.8) is 0 Å². The molecule has 7 heteroatoms. The van der Waals surface area contributed by atoms with E-state index in [0.29, 0.717) is 19.0 Å². The van der Waals surface area contributed by atoms with E-state index >= 15 is 0 Å². The molecule has 1 fully saturated rings. The number of aromatic nitrogens is 1. The van der Waals surface area contributed by atoms with Gasteiger partial charge in [-0.05, 0) is 18.1 Å². The first-order valence-corrected chi connectivity index (χ1v) is 7.84. The van der Waals surface area contributed by atoms with E-state index in [0.717, 1.165) is 18.8 Å². The number of anilines is 2. The predicted molar refractivity (Wildman–Crippen MR) is 88.3 cm³/mol. The van der Waals surface area contributed by atoms with Crippen LogP contribution in [0.5, 0.6) is 0 Å². The van der Waals surface area contributed by atoms with E-state index in [4.69, 9.17) is 4.74 Å². The summed E-state index contributed by atoms with van der Waals surface area (Å²) in [6.45, 7) is 8.27. The molecule has 2 rings (SSSR count). The van der Waals surface area contributed by atoms with Crippen LogP contribution in [-0.2, 0) is 14.3 Å². The van der Waals surface area contributed by atoms with Gasteiger partial charge in [0.2, 0.25) is 11.8 Å².